The average Bonchev–Trinajstić information content (AvgIpc) is 3.15. The van der Waals surface area contributed by atoms with E-state index >= 15 is 0 Å². The lowest BCUT2D eigenvalue weighted by atomic mass is 10.3. The van der Waals surface area contributed by atoms with Crippen LogP contribution in [0.25, 0.3) is 15.9 Å². The smallest absolute Gasteiger partial charge is 0.281 e. The fourth-order valence-electron chi connectivity index (χ4n) is 2.96. The summed E-state index contributed by atoms with van der Waals surface area (Å²) in [5.41, 5.74) is 0.106. The van der Waals surface area contributed by atoms with Crippen molar-refractivity contribution in [2.24, 2.45) is 0 Å². The molecule has 0 bridgehead atoms. The zero-order valence-electron chi connectivity index (χ0n) is 16.7. The predicted octanol–water partition coefficient (Wildman–Crippen LogP) is 3.21. The third kappa shape index (κ3) is 4.05. The molecule has 2 N–H and O–H groups in total. The number of para-hydroxylation sites is 2. The molecule has 9 nitrogen and oxygen atoms in total. The Morgan fingerprint density at radius 1 is 1.23 bits per heavy atom. The average molecular weight is 438 g/mol. The molecule has 31 heavy (non-hydrogen) atoms. The number of nitrogens with one attached hydrogen (secondary N) is 1. The van der Waals surface area contributed by atoms with Gasteiger partial charge in [-0.15, -0.1) is 0 Å². The second-order valence-electron chi connectivity index (χ2n) is 6.34. The number of anilines is 1. The van der Waals surface area contributed by atoms with Crippen LogP contribution in [0.2, 0.25) is 0 Å². The maximum Gasteiger partial charge on any atom is 0.281 e. The highest BCUT2D eigenvalue weighted by Crippen LogP contribution is 2.30. The van der Waals surface area contributed by atoms with Crippen molar-refractivity contribution in [1.29, 1.82) is 0 Å². The molecular formula is C21H18N4O5S. The van der Waals surface area contributed by atoms with Gasteiger partial charge in [0.25, 0.3) is 11.5 Å². The first-order chi connectivity index (χ1) is 15.0. The van der Waals surface area contributed by atoms with E-state index in [1.807, 2.05) is 13.0 Å². The van der Waals surface area contributed by atoms with Crippen LogP contribution in [-0.2, 0) is 0 Å². The van der Waals surface area contributed by atoms with Gasteiger partial charge in [-0.25, -0.2) is 4.98 Å². The summed E-state index contributed by atoms with van der Waals surface area (Å²) in [5.74, 6) is -0.135. The lowest BCUT2D eigenvalue weighted by molar-refractivity contribution is 0.101. The summed E-state index contributed by atoms with van der Waals surface area (Å²) in [4.78, 5) is 29.5. The predicted molar refractivity (Wildman–Crippen MR) is 117 cm³/mol. The number of hydrogen-bond acceptors (Lipinski definition) is 8. The van der Waals surface area contributed by atoms with Crippen molar-refractivity contribution in [1.82, 2.24) is 14.8 Å². The van der Waals surface area contributed by atoms with Crippen molar-refractivity contribution in [3.63, 3.8) is 0 Å². The number of ether oxygens (including phenoxy) is 2. The van der Waals surface area contributed by atoms with Crippen molar-refractivity contribution < 1.29 is 19.4 Å². The SMILES string of the molecule is CCOc1ccc2nc(NC(=O)c3nn(-c4ccccc4OC)c(=O)cc3O)sc2c1. The van der Waals surface area contributed by atoms with Crippen LogP contribution in [0.15, 0.2) is 53.3 Å². The summed E-state index contributed by atoms with van der Waals surface area (Å²) in [5, 5.41) is 17.2. The summed E-state index contributed by atoms with van der Waals surface area (Å²) in [6.45, 7) is 2.44. The number of fused-ring (bicyclic) bond motifs is 1. The van der Waals surface area contributed by atoms with E-state index in [1.54, 1.807) is 36.4 Å². The van der Waals surface area contributed by atoms with Gasteiger partial charge < -0.3 is 14.6 Å². The molecule has 158 valence electrons. The van der Waals surface area contributed by atoms with Gasteiger partial charge in [-0.3, -0.25) is 14.9 Å². The van der Waals surface area contributed by atoms with Crippen molar-refractivity contribution in [3.8, 4) is 22.9 Å². The Hall–Kier alpha value is -3.92. The standard InChI is InChI=1S/C21H18N4O5S/c1-3-30-12-8-9-13-17(10-12)31-21(22-13)23-20(28)19-15(26)11-18(27)25(24-19)14-6-4-5-7-16(14)29-2/h4-11,26H,3H2,1-2H3,(H,22,23,28). The molecule has 0 fully saturated rings. The highest BCUT2D eigenvalue weighted by molar-refractivity contribution is 7.22. The Morgan fingerprint density at radius 2 is 2.03 bits per heavy atom. The molecule has 2 aromatic heterocycles. The Labute approximate surface area is 180 Å². The largest absolute Gasteiger partial charge is 0.505 e. The van der Waals surface area contributed by atoms with E-state index in [0.717, 1.165) is 15.4 Å². The normalized spacial score (nSPS) is 10.8. The molecule has 2 aromatic carbocycles. The summed E-state index contributed by atoms with van der Waals surface area (Å²) >= 11 is 1.25. The molecule has 2 heterocycles. The van der Waals surface area contributed by atoms with Crippen LogP contribution >= 0.6 is 11.3 Å². The third-order valence-corrected chi connectivity index (χ3v) is 5.26. The van der Waals surface area contributed by atoms with Gasteiger partial charge in [-0.05, 0) is 37.3 Å². The number of rotatable bonds is 6. The fraction of sp³-hybridized carbons (Fsp3) is 0.143. The minimum atomic E-state index is -0.703. The highest BCUT2D eigenvalue weighted by atomic mass is 32.1. The van der Waals surface area contributed by atoms with Crippen LogP contribution in [0.5, 0.6) is 17.2 Å². The Bertz CT molecular complexity index is 1330. The van der Waals surface area contributed by atoms with Gasteiger partial charge in [0, 0.05) is 6.07 Å². The van der Waals surface area contributed by atoms with Gasteiger partial charge >= 0.3 is 0 Å². The number of benzene rings is 2. The van der Waals surface area contributed by atoms with Crippen LogP contribution < -0.4 is 20.3 Å². The fourth-order valence-corrected chi connectivity index (χ4v) is 3.85. The van der Waals surface area contributed by atoms with Crippen LogP contribution in [0, 0.1) is 0 Å². The molecule has 0 aliphatic carbocycles. The number of amides is 1. The number of methoxy groups -OCH3 is 1. The zero-order valence-corrected chi connectivity index (χ0v) is 17.5. The van der Waals surface area contributed by atoms with Gasteiger partial charge in [-0.1, -0.05) is 23.5 Å². The molecule has 0 radical (unpaired) electrons. The van der Waals surface area contributed by atoms with Gasteiger partial charge in [-0.2, -0.15) is 9.78 Å². The Balaban J connectivity index is 1.67. The van der Waals surface area contributed by atoms with Crippen molar-refractivity contribution in [2.45, 2.75) is 6.92 Å². The van der Waals surface area contributed by atoms with Gasteiger partial charge in [0.1, 0.15) is 17.2 Å². The van der Waals surface area contributed by atoms with Crippen LogP contribution in [-0.4, -0.2) is 39.5 Å². The molecule has 10 heteroatoms. The molecule has 0 aliphatic rings. The first-order valence-electron chi connectivity index (χ1n) is 9.31. The second kappa shape index (κ2) is 8.44. The number of aromatic hydroxyl groups is 1. The third-order valence-electron chi connectivity index (χ3n) is 4.33. The first-order valence-corrected chi connectivity index (χ1v) is 10.1. The lowest BCUT2D eigenvalue weighted by Crippen LogP contribution is -2.25. The molecule has 0 spiro atoms. The highest BCUT2D eigenvalue weighted by Gasteiger charge is 2.19. The first kappa shape index (κ1) is 20.4. The van der Waals surface area contributed by atoms with Crippen molar-refractivity contribution in [3.05, 3.63) is 64.6 Å². The van der Waals surface area contributed by atoms with E-state index in [9.17, 15) is 14.7 Å². The monoisotopic (exact) mass is 438 g/mol. The maximum absolute atomic E-state index is 12.8. The summed E-state index contributed by atoms with van der Waals surface area (Å²) in [6.07, 6.45) is 0. The Morgan fingerprint density at radius 3 is 2.81 bits per heavy atom. The maximum atomic E-state index is 12.8. The molecule has 0 saturated carbocycles. The van der Waals surface area contributed by atoms with Crippen LogP contribution in [0.4, 0.5) is 5.13 Å². The van der Waals surface area contributed by atoms with Crippen molar-refractivity contribution in [2.75, 3.05) is 19.0 Å². The van der Waals surface area contributed by atoms with E-state index in [-0.39, 0.29) is 5.69 Å². The molecule has 0 aliphatic heterocycles. The molecule has 0 saturated heterocycles. The summed E-state index contributed by atoms with van der Waals surface area (Å²) in [7, 11) is 1.46. The quantitative estimate of drug-likeness (QED) is 0.475. The topological polar surface area (TPSA) is 116 Å². The van der Waals surface area contributed by atoms with Gasteiger partial charge in [0.05, 0.1) is 23.9 Å². The number of carbonyl (C=O) groups is 1. The van der Waals surface area contributed by atoms with Crippen LogP contribution in [0.1, 0.15) is 17.4 Å². The number of aromatic nitrogens is 3. The van der Waals surface area contributed by atoms with Crippen LogP contribution in [0.3, 0.4) is 0 Å². The van der Waals surface area contributed by atoms with E-state index in [1.165, 1.54) is 18.4 Å². The van der Waals surface area contributed by atoms with Crippen molar-refractivity contribution >= 4 is 32.6 Å². The van der Waals surface area contributed by atoms with Gasteiger partial charge in [0.15, 0.2) is 16.6 Å². The van der Waals surface area contributed by atoms with E-state index in [4.69, 9.17) is 9.47 Å². The minimum Gasteiger partial charge on any atom is -0.505 e. The number of hydrogen-bond donors (Lipinski definition) is 2. The molecule has 0 atom stereocenters. The number of thiazole rings is 1. The number of nitrogens with zero attached hydrogens (tertiary/aromatic N) is 3. The molecule has 0 unspecified atom stereocenters. The lowest BCUT2D eigenvalue weighted by Gasteiger charge is -2.11. The van der Waals surface area contributed by atoms with E-state index in [0.29, 0.717) is 34.4 Å². The molecular weight excluding hydrogens is 420 g/mol. The number of carbonyl (C=O) groups excluding carboxylic acids is 1. The van der Waals surface area contributed by atoms with E-state index in [2.05, 4.69) is 15.4 Å². The second-order valence-corrected chi connectivity index (χ2v) is 7.37. The summed E-state index contributed by atoms with van der Waals surface area (Å²) < 4.78 is 12.6. The molecule has 4 aromatic rings. The van der Waals surface area contributed by atoms with Gasteiger partial charge in [0.2, 0.25) is 0 Å². The van der Waals surface area contributed by atoms with E-state index < -0.39 is 17.2 Å². The molecule has 1 amide bonds. The summed E-state index contributed by atoms with van der Waals surface area (Å²) in [6, 6.07) is 13.1. The zero-order chi connectivity index (χ0) is 22.0. The minimum absolute atomic E-state index is 0.320. The molecule has 4 rings (SSSR count). The Kier molecular flexibility index (Phi) is 5.54.